The first kappa shape index (κ1) is 37.1. The Labute approximate surface area is 370 Å². The van der Waals surface area contributed by atoms with E-state index in [2.05, 4.69) is 254 Å². The summed E-state index contributed by atoms with van der Waals surface area (Å²) in [6.07, 6.45) is 7.06. The molecular formula is C62H45N. The van der Waals surface area contributed by atoms with Crippen molar-refractivity contribution in [3.05, 3.63) is 299 Å². The summed E-state index contributed by atoms with van der Waals surface area (Å²) >= 11 is 0. The Morgan fingerprint density at radius 2 is 0.810 bits per heavy atom. The van der Waals surface area contributed by atoms with Gasteiger partial charge in [-0.25, -0.2) is 0 Å². The SMILES string of the molecule is C1=C2C(=CCC1)C(c1ccccc1)(c1ccccc1)c1cc(N(c3ccccc3)c3cc4c(cc3-c3ccccc3)-c3ccccc3C4(c3ccccc3)c3ccccc3)ccc12. The highest BCUT2D eigenvalue weighted by molar-refractivity contribution is 5.99. The maximum absolute atomic E-state index is 2.53. The van der Waals surface area contributed by atoms with E-state index in [1.165, 1.54) is 77.9 Å². The smallest absolute Gasteiger partial charge is 0.0714 e. The Morgan fingerprint density at radius 3 is 1.41 bits per heavy atom. The number of allylic oxidation sites excluding steroid dienone is 4. The summed E-state index contributed by atoms with van der Waals surface area (Å²) in [5, 5.41) is 0. The molecule has 0 saturated carbocycles. The van der Waals surface area contributed by atoms with Gasteiger partial charge in [0, 0.05) is 16.9 Å². The lowest BCUT2D eigenvalue weighted by atomic mass is 9.66. The van der Waals surface area contributed by atoms with Crippen LogP contribution in [0.1, 0.15) is 57.3 Å². The molecular weight excluding hydrogens is 759 g/mol. The number of benzene rings is 9. The van der Waals surface area contributed by atoms with Crippen LogP contribution in [0.5, 0.6) is 0 Å². The minimum atomic E-state index is -0.552. The fraction of sp³-hybridized carbons (Fsp3) is 0.0645. The molecule has 0 aliphatic heterocycles. The predicted octanol–water partition coefficient (Wildman–Crippen LogP) is 15.6. The molecule has 298 valence electrons. The topological polar surface area (TPSA) is 3.24 Å². The van der Waals surface area contributed by atoms with E-state index in [0.29, 0.717) is 0 Å². The van der Waals surface area contributed by atoms with E-state index in [0.717, 1.165) is 29.9 Å². The lowest BCUT2D eigenvalue weighted by Gasteiger charge is -2.36. The van der Waals surface area contributed by atoms with Gasteiger partial charge in [0.05, 0.1) is 16.5 Å². The van der Waals surface area contributed by atoms with Crippen LogP contribution in [-0.4, -0.2) is 0 Å². The number of anilines is 3. The van der Waals surface area contributed by atoms with Crippen LogP contribution >= 0.6 is 0 Å². The zero-order valence-electron chi connectivity index (χ0n) is 35.0. The lowest BCUT2D eigenvalue weighted by molar-refractivity contribution is 0.758. The Kier molecular flexibility index (Phi) is 8.83. The maximum atomic E-state index is 2.53. The largest absolute Gasteiger partial charge is 0.310 e. The molecule has 3 aliphatic carbocycles. The van der Waals surface area contributed by atoms with Crippen molar-refractivity contribution < 1.29 is 0 Å². The van der Waals surface area contributed by atoms with Crippen LogP contribution in [0.2, 0.25) is 0 Å². The summed E-state index contributed by atoms with van der Waals surface area (Å²) in [5.74, 6) is 0. The van der Waals surface area contributed by atoms with Gasteiger partial charge in [-0.15, -0.1) is 0 Å². The van der Waals surface area contributed by atoms with E-state index in [1.54, 1.807) is 0 Å². The van der Waals surface area contributed by atoms with Crippen LogP contribution in [0.4, 0.5) is 17.1 Å². The summed E-state index contributed by atoms with van der Waals surface area (Å²) in [6, 6.07) is 88.0. The molecule has 0 heterocycles. The lowest BCUT2D eigenvalue weighted by Crippen LogP contribution is -2.29. The monoisotopic (exact) mass is 803 g/mol. The molecule has 0 atom stereocenters. The van der Waals surface area contributed by atoms with Crippen molar-refractivity contribution in [3.8, 4) is 22.3 Å². The van der Waals surface area contributed by atoms with Crippen LogP contribution in [-0.2, 0) is 10.8 Å². The molecule has 0 fully saturated rings. The van der Waals surface area contributed by atoms with E-state index >= 15 is 0 Å². The van der Waals surface area contributed by atoms with Crippen LogP contribution in [0.25, 0.3) is 27.8 Å². The Balaban J connectivity index is 1.19. The zero-order chi connectivity index (χ0) is 41.8. The van der Waals surface area contributed by atoms with E-state index in [1.807, 2.05) is 0 Å². The van der Waals surface area contributed by atoms with Crippen LogP contribution in [0.15, 0.2) is 254 Å². The first-order valence-electron chi connectivity index (χ1n) is 22.2. The third kappa shape index (κ3) is 5.56. The third-order valence-electron chi connectivity index (χ3n) is 13.8. The van der Waals surface area contributed by atoms with Crippen molar-refractivity contribution in [2.45, 2.75) is 23.7 Å². The van der Waals surface area contributed by atoms with Gasteiger partial charge in [-0.2, -0.15) is 0 Å². The number of rotatable bonds is 8. The second-order valence-corrected chi connectivity index (χ2v) is 17.0. The van der Waals surface area contributed by atoms with E-state index in [4.69, 9.17) is 0 Å². The molecule has 1 heteroatoms. The van der Waals surface area contributed by atoms with E-state index < -0.39 is 10.8 Å². The van der Waals surface area contributed by atoms with Crippen LogP contribution in [0.3, 0.4) is 0 Å². The number of hydrogen-bond donors (Lipinski definition) is 0. The van der Waals surface area contributed by atoms with Gasteiger partial charge in [0.15, 0.2) is 0 Å². The average Bonchev–Trinajstić information content (AvgIpc) is 3.83. The normalized spacial score (nSPS) is 15.0. The van der Waals surface area contributed by atoms with Gasteiger partial charge in [-0.3, -0.25) is 0 Å². The van der Waals surface area contributed by atoms with Gasteiger partial charge in [-0.1, -0.05) is 212 Å². The zero-order valence-corrected chi connectivity index (χ0v) is 35.0. The first-order chi connectivity index (χ1) is 31.3. The molecule has 0 radical (unpaired) electrons. The van der Waals surface area contributed by atoms with Crippen LogP contribution < -0.4 is 4.90 Å². The molecule has 3 aliphatic rings. The quantitative estimate of drug-likeness (QED) is 0.148. The van der Waals surface area contributed by atoms with Crippen molar-refractivity contribution in [3.63, 3.8) is 0 Å². The fourth-order valence-electron chi connectivity index (χ4n) is 11.3. The number of nitrogens with zero attached hydrogens (tertiary/aromatic N) is 1. The highest BCUT2D eigenvalue weighted by atomic mass is 15.1. The molecule has 0 saturated heterocycles. The highest BCUT2D eigenvalue weighted by Gasteiger charge is 2.50. The van der Waals surface area contributed by atoms with Gasteiger partial charge in [-0.05, 0) is 122 Å². The van der Waals surface area contributed by atoms with E-state index in [9.17, 15) is 0 Å². The Morgan fingerprint density at radius 1 is 0.317 bits per heavy atom. The summed E-state index contributed by atoms with van der Waals surface area (Å²) in [4.78, 5) is 2.53. The van der Waals surface area contributed by atoms with Gasteiger partial charge < -0.3 is 4.90 Å². The molecule has 0 amide bonds. The second kappa shape index (κ2) is 15.0. The van der Waals surface area contributed by atoms with Gasteiger partial charge in [0.1, 0.15) is 0 Å². The molecule has 0 unspecified atom stereocenters. The predicted molar refractivity (Wildman–Crippen MR) is 262 cm³/mol. The highest BCUT2D eigenvalue weighted by Crippen LogP contribution is 2.61. The van der Waals surface area contributed by atoms with Gasteiger partial charge in [0.25, 0.3) is 0 Å². The Hall–Kier alpha value is -7.74. The summed E-state index contributed by atoms with van der Waals surface area (Å²) in [5.41, 5.74) is 20.2. The van der Waals surface area contributed by atoms with Gasteiger partial charge >= 0.3 is 0 Å². The van der Waals surface area contributed by atoms with Crippen molar-refractivity contribution in [2.75, 3.05) is 4.90 Å². The standard InChI is InChI=1S/C62H45N/c1-7-23-44(24-8-1)54-42-55-52-36-20-22-38-57(52)62(47-29-13-4-14-30-47,48-31-15-5-16-32-48)59(55)43-60(54)63(49-33-17-6-18-34-49)50-39-40-53-51-35-19-21-37-56(51)61(58(53)41-50,45-25-9-2-10-26-45)46-27-11-3-12-28-46/h1-18,20,22-43H,19,21H2. The van der Waals surface area contributed by atoms with Crippen molar-refractivity contribution >= 4 is 22.6 Å². The third-order valence-corrected chi connectivity index (χ3v) is 13.8. The average molecular weight is 804 g/mol. The number of hydrogen-bond acceptors (Lipinski definition) is 1. The fourth-order valence-corrected chi connectivity index (χ4v) is 11.3. The molecule has 1 nitrogen and oxygen atoms in total. The summed E-state index contributed by atoms with van der Waals surface area (Å²) in [6.45, 7) is 0. The van der Waals surface area contributed by atoms with Crippen LogP contribution in [0, 0.1) is 0 Å². The van der Waals surface area contributed by atoms with Crippen molar-refractivity contribution in [1.29, 1.82) is 0 Å². The minimum absolute atomic E-state index is 0.486. The molecule has 0 N–H and O–H groups in total. The maximum Gasteiger partial charge on any atom is 0.0714 e. The minimum Gasteiger partial charge on any atom is -0.310 e. The van der Waals surface area contributed by atoms with Gasteiger partial charge in [0.2, 0.25) is 0 Å². The van der Waals surface area contributed by atoms with Crippen molar-refractivity contribution in [1.82, 2.24) is 0 Å². The number of para-hydroxylation sites is 1. The second-order valence-electron chi connectivity index (χ2n) is 17.0. The summed E-state index contributed by atoms with van der Waals surface area (Å²) < 4.78 is 0. The molecule has 9 aromatic rings. The summed E-state index contributed by atoms with van der Waals surface area (Å²) in [7, 11) is 0. The molecule has 63 heavy (non-hydrogen) atoms. The Bertz CT molecular complexity index is 3110. The molecule has 12 rings (SSSR count). The number of fused-ring (bicyclic) bond motifs is 6. The molecule has 0 aromatic heterocycles. The first-order valence-corrected chi connectivity index (χ1v) is 22.2. The molecule has 9 aromatic carbocycles. The molecule has 0 bridgehead atoms. The van der Waals surface area contributed by atoms with Crippen molar-refractivity contribution in [2.24, 2.45) is 0 Å². The molecule has 0 spiro atoms. The van der Waals surface area contributed by atoms with E-state index in [-0.39, 0.29) is 0 Å².